The Morgan fingerprint density at radius 2 is 1.63 bits per heavy atom. The van der Waals surface area contributed by atoms with Crippen LogP contribution in [0.2, 0.25) is 0 Å². The first-order valence-electron chi connectivity index (χ1n) is 16.8. The first-order chi connectivity index (χ1) is 23.6. The smallest absolute Gasteiger partial charge is 0.295 e. The molecule has 6 rings (SSSR count). The van der Waals surface area contributed by atoms with Gasteiger partial charge in [0.25, 0.3) is 26.7 Å². The monoisotopic (exact) mass is 734 g/mol. The first kappa shape index (κ1) is 36.6. The van der Waals surface area contributed by atoms with E-state index >= 15 is 0 Å². The van der Waals surface area contributed by atoms with E-state index in [0.29, 0.717) is 41.8 Å². The standard InChI is InChI=1S/C38H43N3O8S2/c1-24-19-36(2,3)41(21-25-11-8-9-12-35(25)51(46,47)48)33-17-29-31(15-27(24)33)39-32-16-28-26(22-50(43,44)45)20-37(4,5)40(13-10-14-49-23-42)34(28)18-30(32)38(29,6)7/h8-9,11-12,15-20,23H,10,13-14,21-22H2,1-7H3,(H-,43,44,45,46,47,48)/p+1. The van der Waals surface area contributed by atoms with E-state index in [0.717, 1.165) is 38.7 Å². The highest BCUT2D eigenvalue weighted by Gasteiger charge is 2.40. The number of hydrogen-bond donors (Lipinski definition) is 2. The maximum Gasteiger partial charge on any atom is 0.295 e. The fraction of sp³-hybridized carbons (Fsp3) is 0.395. The summed E-state index contributed by atoms with van der Waals surface area (Å²) in [5, 5.41) is 1.67. The van der Waals surface area contributed by atoms with Crippen molar-refractivity contribution in [3.05, 3.63) is 99.2 Å². The van der Waals surface area contributed by atoms with Gasteiger partial charge in [-0.2, -0.15) is 16.8 Å². The molecule has 3 aromatic carbocycles. The van der Waals surface area contributed by atoms with Crippen molar-refractivity contribution in [3.8, 4) is 0 Å². The Kier molecular flexibility index (Phi) is 8.98. The van der Waals surface area contributed by atoms with Crippen molar-refractivity contribution in [2.45, 2.75) is 82.8 Å². The molecule has 0 radical (unpaired) electrons. The van der Waals surface area contributed by atoms with Crippen LogP contribution in [0.4, 0.5) is 11.4 Å². The molecule has 2 N–H and O–H groups in total. The Balaban J connectivity index is 1.59. The Morgan fingerprint density at radius 3 is 2.29 bits per heavy atom. The molecule has 0 unspecified atom stereocenters. The highest BCUT2D eigenvalue weighted by molar-refractivity contribution is 7.86. The van der Waals surface area contributed by atoms with Gasteiger partial charge in [0.05, 0.1) is 28.8 Å². The van der Waals surface area contributed by atoms with Gasteiger partial charge >= 0.3 is 0 Å². The second-order valence-corrected chi connectivity index (χ2v) is 18.0. The van der Waals surface area contributed by atoms with Crippen molar-refractivity contribution < 1.29 is 35.5 Å². The molecule has 0 amide bonds. The lowest BCUT2D eigenvalue weighted by Crippen LogP contribution is -2.50. The lowest BCUT2D eigenvalue weighted by molar-refractivity contribution is -0.128. The second kappa shape index (κ2) is 12.5. The van der Waals surface area contributed by atoms with Crippen LogP contribution < -0.4 is 20.2 Å². The SMILES string of the molecule is CC1=CC(C)(C)[N+](Cc2ccccc2S(=O)(=O)O)=c2cc3c(cc21)=Nc1cc2c(cc1C3(C)C)N(CCCOC=O)C(C)(C)C=C2CS(=O)(=O)O. The first-order valence-corrected chi connectivity index (χ1v) is 19.8. The van der Waals surface area contributed by atoms with E-state index in [1.807, 2.05) is 32.9 Å². The predicted molar refractivity (Wildman–Crippen MR) is 197 cm³/mol. The van der Waals surface area contributed by atoms with Crippen LogP contribution >= 0.6 is 0 Å². The molecule has 11 nitrogen and oxygen atoms in total. The summed E-state index contributed by atoms with van der Waals surface area (Å²) in [6, 6.07) is 14.6. The van der Waals surface area contributed by atoms with E-state index in [2.05, 4.69) is 61.4 Å². The maximum atomic E-state index is 12.3. The maximum absolute atomic E-state index is 12.3. The topological polar surface area (TPSA) is 154 Å². The fourth-order valence-corrected chi connectivity index (χ4v) is 9.29. The zero-order valence-electron chi connectivity index (χ0n) is 29.9. The van der Waals surface area contributed by atoms with Gasteiger partial charge in [-0.15, -0.1) is 0 Å². The Hall–Kier alpha value is -4.17. The third kappa shape index (κ3) is 6.79. The summed E-state index contributed by atoms with van der Waals surface area (Å²) in [5.74, 6) is -0.548. The van der Waals surface area contributed by atoms with E-state index in [4.69, 9.17) is 9.73 Å². The number of ether oxygens (including phenoxy) is 1. The number of nitrogens with zero attached hydrogens (tertiary/aromatic N) is 3. The minimum absolute atomic E-state index is 0.131. The van der Waals surface area contributed by atoms with Crippen molar-refractivity contribution in [2.75, 3.05) is 23.8 Å². The van der Waals surface area contributed by atoms with E-state index in [1.165, 1.54) is 6.07 Å². The van der Waals surface area contributed by atoms with Crippen molar-refractivity contribution in [1.29, 1.82) is 0 Å². The molecule has 3 aliphatic rings. The zero-order chi connectivity index (χ0) is 37.3. The average molecular weight is 735 g/mol. The zero-order valence-corrected chi connectivity index (χ0v) is 31.5. The normalized spacial score (nSPS) is 18.3. The van der Waals surface area contributed by atoms with E-state index < -0.39 is 42.5 Å². The average Bonchev–Trinajstić information content (AvgIpc) is 3.00. The van der Waals surface area contributed by atoms with Crippen LogP contribution in [0.3, 0.4) is 0 Å². The number of anilines is 1. The van der Waals surface area contributed by atoms with Crippen LogP contribution in [0.1, 0.15) is 82.7 Å². The fourth-order valence-electron chi connectivity index (χ4n) is 7.95. The summed E-state index contributed by atoms with van der Waals surface area (Å²) in [6.45, 7) is 15.8. The summed E-state index contributed by atoms with van der Waals surface area (Å²) >= 11 is 0. The summed E-state index contributed by atoms with van der Waals surface area (Å²) in [4.78, 5) is 18.0. The lowest BCUT2D eigenvalue weighted by atomic mass is 9.73. The number of allylic oxidation sites excluding steroid dienone is 1. The second-order valence-electron chi connectivity index (χ2n) is 15.2. The molecule has 0 aromatic heterocycles. The third-order valence-electron chi connectivity index (χ3n) is 10.3. The van der Waals surface area contributed by atoms with Gasteiger partial charge in [-0.1, -0.05) is 38.1 Å². The van der Waals surface area contributed by atoms with Gasteiger partial charge in [0.1, 0.15) is 10.6 Å². The van der Waals surface area contributed by atoms with Crippen molar-refractivity contribution in [2.24, 2.45) is 4.99 Å². The molecule has 0 saturated heterocycles. The van der Waals surface area contributed by atoms with Crippen molar-refractivity contribution >= 4 is 49.2 Å². The number of carbonyl (C=O) groups is 1. The van der Waals surface area contributed by atoms with Gasteiger partial charge in [-0.25, -0.2) is 9.57 Å². The summed E-state index contributed by atoms with van der Waals surface area (Å²) in [7, 11) is -8.80. The van der Waals surface area contributed by atoms with Crippen molar-refractivity contribution in [3.63, 3.8) is 0 Å². The van der Waals surface area contributed by atoms with Crippen LogP contribution in [-0.4, -0.2) is 62.4 Å². The van der Waals surface area contributed by atoms with Gasteiger partial charge in [0, 0.05) is 48.7 Å². The van der Waals surface area contributed by atoms with E-state index in [1.54, 1.807) is 18.2 Å². The summed E-state index contributed by atoms with van der Waals surface area (Å²) < 4.78 is 76.1. The molecule has 0 fully saturated rings. The minimum atomic E-state index is -4.45. The molecular weight excluding hydrogens is 691 g/mol. The van der Waals surface area contributed by atoms with Gasteiger partial charge in [0.2, 0.25) is 5.36 Å². The summed E-state index contributed by atoms with van der Waals surface area (Å²) in [5.41, 5.74) is 5.22. The molecular formula is C38H44N3O8S2+. The minimum Gasteiger partial charge on any atom is -0.468 e. The van der Waals surface area contributed by atoms with E-state index in [9.17, 15) is 30.7 Å². The lowest BCUT2D eigenvalue weighted by Gasteiger charge is -2.45. The number of fused-ring (bicyclic) bond motifs is 4. The molecule has 0 spiro atoms. The molecule has 3 heterocycles. The molecule has 0 saturated carbocycles. The van der Waals surface area contributed by atoms with Gasteiger partial charge in [0.15, 0.2) is 12.1 Å². The van der Waals surface area contributed by atoms with Crippen LogP contribution in [0.5, 0.6) is 0 Å². The molecule has 0 aliphatic carbocycles. The molecule has 0 bridgehead atoms. The molecule has 0 atom stereocenters. The van der Waals surface area contributed by atoms with Gasteiger partial charge in [-0.3, -0.25) is 13.9 Å². The Bertz CT molecular complexity index is 2390. The van der Waals surface area contributed by atoms with Crippen LogP contribution in [-0.2, 0) is 41.7 Å². The molecule has 13 heteroatoms. The molecule has 3 aliphatic heterocycles. The molecule has 270 valence electrons. The van der Waals surface area contributed by atoms with Gasteiger partial charge < -0.3 is 9.64 Å². The number of hydrogen-bond acceptors (Lipinski definition) is 8. The van der Waals surface area contributed by atoms with Crippen LogP contribution in [0.25, 0.3) is 11.1 Å². The quantitative estimate of drug-likeness (QED) is 0.129. The van der Waals surface area contributed by atoms with Crippen LogP contribution in [0.15, 0.2) is 70.6 Å². The summed E-state index contributed by atoms with van der Waals surface area (Å²) in [6.07, 6.45) is 4.54. The number of carbonyl (C=O) groups excluding carboxylic acids is 1. The van der Waals surface area contributed by atoms with Crippen molar-refractivity contribution in [1.82, 2.24) is 4.58 Å². The highest BCUT2D eigenvalue weighted by Crippen LogP contribution is 2.47. The third-order valence-corrected chi connectivity index (χ3v) is 11.9. The van der Waals surface area contributed by atoms with Gasteiger partial charge in [-0.05, 0) is 79.8 Å². The largest absolute Gasteiger partial charge is 0.468 e. The Morgan fingerprint density at radius 1 is 0.922 bits per heavy atom. The Labute approximate surface area is 299 Å². The van der Waals surface area contributed by atoms with E-state index in [-0.39, 0.29) is 18.0 Å². The number of rotatable bonds is 10. The molecule has 3 aromatic rings. The highest BCUT2D eigenvalue weighted by atomic mass is 32.2. The molecule has 51 heavy (non-hydrogen) atoms. The number of benzene rings is 3. The predicted octanol–water partition coefficient (Wildman–Crippen LogP) is 4.84. The van der Waals surface area contributed by atoms with Crippen LogP contribution in [0, 0.1) is 0 Å².